The van der Waals surface area contributed by atoms with E-state index < -0.39 is 0 Å². The van der Waals surface area contributed by atoms with E-state index in [1.54, 1.807) is 30.7 Å². The fraction of sp³-hybridized carbons (Fsp3) is 0. The first kappa shape index (κ1) is 7.43. The zero-order valence-corrected chi connectivity index (χ0v) is 6.62. The molecule has 5 nitrogen and oxygen atoms in total. The highest BCUT2D eigenvalue weighted by atomic mass is 15.5. The van der Waals surface area contributed by atoms with Gasteiger partial charge in [-0.05, 0) is 12.1 Å². The number of hydrogen-bond acceptors (Lipinski definition) is 4. The van der Waals surface area contributed by atoms with Gasteiger partial charge in [0.25, 0.3) is 0 Å². The average Bonchev–Trinajstić information content (AvgIpc) is 2.70. The molecule has 0 atom stereocenters. The second-order valence-electron chi connectivity index (χ2n) is 2.30. The Morgan fingerprint density at radius 2 is 2.00 bits per heavy atom. The van der Waals surface area contributed by atoms with E-state index in [2.05, 4.69) is 15.2 Å². The minimum absolute atomic E-state index is 0.318. The van der Waals surface area contributed by atoms with Crippen molar-refractivity contribution in [2.45, 2.75) is 0 Å². The first-order chi connectivity index (χ1) is 6.42. The maximum Gasteiger partial charge on any atom is 0.168 e. The van der Waals surface area contributed by atoms with Crippen molar-refractivity contribution in [2.24, 2.45) is 0 Å². The molecule has 13 heavy (non-hydrogen) atoms. The lowest BCUT2D eigenvalue weighted by molar-refractivity contribution is 0.745. The summed E-state index contributed by atoms with van der Waals surface area (Å²) in [5, 5.41) is 16.6. The molecular formula is C8H5N5. The minimum Gasteiger partial charge on any atom is -0.243 e. The summed E-state index contributed by atoms with van der Waals surface area (Å²) in [6.45, 7) is 0. The molecule has 62 valence electrons. The van der Waals surface area contributed by atoms with Gasteiger partial charge in [-0.2, -0.15) is 15.5 Å². The molecule has 2 aromatic heterocycles. The molecule has 2 aromatic rings. The summed E-state index contributed by atoms with van der Waals surface area (Å²) in [5.41, 5.74) is 0.911. The van der Waals surface area contributed by atoms with Crippen LogP contribution in [0.25, 0.3) is 5.69 Å². The van der Waals surface area contributed by atoms with E-state index >= 15 is 0 Å². The molecule has 2 rings (SSSR count). The van der Waals surface area contributed by atoms with Gasteiger partial charge in [-0.3, -0.25) is 0 Å². The summed E-state index contributed by atoms with van der Waals surface area (Å²) in [7, 11) is 0. The smallest absolute Gasteiger partial charge is 0.168 e. The van der Waals surface area contributed by atoms with Gasteiger partial charge in [-0.25, -0.2) is 4.98 Å². The number of pyridine rings is 1. The van der Waals surface area contributed by atoms with Crippen molar-refractivity contribution >= 4 is 0 Å². The average molecular weight is 171 g/mol. The van der Waals surface area contributed by atoms with Crippen LogP contribution in [0.4, 0.5) is 0 Å². The lowest BCUT2D eigenvalue weighted by Gasteiger charge is -1.98. The van der Waals surface area contributed by atoms with Crippen molar-refractivity contribution in [3.8, 4) is 11.8 Å². The largest absolute Gasteiger partial charge is 0.243 e. The van der Waals surface area contributed by atoms with Crippen molar-refractivity contribution in [1.82, 2.24) is 20.0 Å². The highest BCUT2D eigenvalue weighted by molar-refractivity contribution is 5.41. The normalized spacial score (nSPS) is 9.46. The molecule has 5 heteroatoms. The molecule has 0 amide bonds. The van der Waals surface area contributed by atoms with Gasteiger partial charge in [0.1, 0.15) is 11.8 Å². The maximum atomic E-state index is 8.74. The molecule has 0 saturated carbocycles. The van der Waals surface area contributed by atoms with E-state index in [0.29, 0.717) is 11.4 Å². The van der Waals surface area contributed by atoms with Crippen LogP contribution in [0, 0.1) is 11.3 Å². The lowest BCUT2D eigenvalue weighted by atomic mass is 10.3. The van der Waals surface area contributed by atoms with Crippen molar-refractivity contribution in [1.29, 1.82) is 5.26 Å². The van der Waals surface area contributed by atoms with Gasteiger partial charge in [0.15, 0.2) is 5.69 Å². The summed E-state index contributed by atoms with van der Waals surface area (Å²) in [4.78, 5) is 5.26. The monoisotopic (exact) mass is 171 g/mol. The Balaban J connectivity index is 2.59. The molecule has 0 unspecified atom stereocenters. The third-order valence-corrected chi connectivity index (χ3v) is 1.53. The zero-order chi connectivity index (χ0) is 9.10. The molecule has 0 fully saturated rings. The first-order valence-corrected chi connectivity index (χ1v) is 3.63. The highest BCUT2D eigenvalue weighted by Crippen LogP contribution is 2.06. The number of rotatable bonds is 1. The van der Waals surface area contributed by atoms with Crippen molar-refractivity contribution in [3.05, 3.63) is 36.4 Å². The standard InChI is InChI=1S/C8H5N5/c9-6-7-8(2-1-3-10-7)13-11-4-5-12-13/h1-5H. The van der Waals surface area contributed by atoms with Gasteiger partial charge in [0, 0.05) is 6.20 Å². The number of aromatic nitrogens is 4. The fourth-order valence-electron chi connectivity index (χ4n) is 0.984. The summed E-state index contributed by atoms with van der Waals surface area (Å²) >= 11 is 0. The van der Waals surface area contributed by atoms with Gasteiger partial charge < -0.3 is 0 Å². The molecule has 0 aliphatic rings. The molecular weight excluding hydrogens is 166 g/mol. The van der Waals surface area contributed by atoms with Crippen LogP contribution in [0.1, 0.15) is 5.69 Å². The minimum atomic E-state index is 0.318. The van der Waals surface area contributed by atoms with Gasteiger partial charge in [0.05, 0.1) is 12.4 Å². The van der Waals surface area contributed by atoms with Gasteiger partial charge in [-0.1, -0.05) is 0 Å². The molecule has 0 aromatic carbocycles. The Hall–Kier alpha value is -2.22. The molecule has 0 aliphatic heterocycles. The Bertz CT molecular complexity index is 440. The van der Waals surface area contributed by atoms with Crippen LogP contribution in [0.15, 0.2) is 30.7 Å². The summed E-state index contributed by atoms with van der Waals surface area (Å²) in [6.07, 6.45) is 4.66. The van der Waals surface area contributed by atoms with E-state index in [0.717, 1.165) is 0 Å². The third-order valence-electron chi connectivity index (χ3n) is 1.53. The summed E-state index contributed by atoms with van der Waals surface area (Å²) in [6, 6.07) is 5.45. The van der Waals surface area contributed by atoms with Gasteiger partial charge in [-0.15, -0.1) is 4.80 Å². The Morgan fingerprint density at radius 1 is 1.23 bits per heavy atom. The summed E-state index contributed by atoms with van der Waals surface area (Å²) in [5.74, 6) is 0. The zero-order valence-electron chi connectivity index (χ0n) is 6.62. The Labute approximate surface area is 74.3 Å². The second kappa shape index (κ2) is 3.03. The molecule has 0 saturated heterocycles. The molecule has 2 heterocycles. The number of nitriles is 1. The molecule has 0 bridgehead atoms. The molecule has 0 N–H and O–H groups in total. The fourth-order valence-corrected chi connectivity index (χ4v) is 0.984. The predicted molar refractivity (Wildman–Crippen MR) is 43.9 cm³/mol. The SMILES string of the molecule is N#Cc1ncccc1-n1nccn1. The highest BCUT2D eigenvalue weighted by Gasteiger charge is 2.04. The van der Waals surface area contributed by atoms with Crippen molar-refractivity contribution in [2.75, 3.05) is 0 Å². The molecule has 0 radical (unpaired) electrons. The van der Waals surface area contributed by atoms with Gasteiger partial charge in [0.2, 0.25) is 0 Å². The summed E-state index contributed by atoms with van der Waals surface area (Å²) < 4.78 is 0. The van der Waals surface area contributed by atoms with Crippen molar-refractivity contribution in [3.63, 3.8) is 0 Å². The third kappa shape index (κ3) is 1.25. The Kier molecular flexibility index (Phi) is 1.73. The van der Waals surface area contributed by atoms with Crippen LogP contribution >= 0.6 is 0 Å². The second-order valence-corrected chi connectivity index (χ2v) is 2.30. The van der Waals surface area contributed by atoms with Crippen LogP contribution in [0.5, 0.6) is 0 Å². The van der Waals surface area contributed by atoms with E-state index in [-0.39, 0.29) is 0 Å². The maximum absolute atomic E-state index is 8.74. The van der Waals surface area contributed by atoms with E-state index in [4.69, 9.17) is 5.26 Å². The van der Waals surface area contributed by atoms with Crippen molar-refractivity contribution < 1.29 is 0 Å². The quantitative estimate of drug-likeness (QED) is 0.627. The van der Waals surface area contributed by atoms with Crippen LogP contribution in [-0.4, -0.2) is 20.0 Å². The lowest BCUT2D eigenvalue weighted by Crippen LogP contribution is -2.02. The topological polar surface area (TPSA) is 67.4 Å². The van der Waals surface area contributed by atoms with Crippen LogP contribution in [0.2, 0.25) is 0 Å². The Morgan fingerprint density at radius 3 is 2.69 bits per heavy atom. The van der Waals surface area contributed by atoms with Crippen LogP contribution < -0.4 is 0 Å². The predicted octanol–water partition coefficient (Wildman–Crippen LogP) is 0.534. The molecule has 0 aliphatic carbocycles. The van der Waals surface area contributed by atoms with Crippen LogP contribution in [-0.2, 0) is 0 Å². The van der Waals surface area contributed by atoms with Gasteiger partial charge >= 0.3 is 0 Å². The molecule has 0 spiro atoms. The number of nitrogens with zero attached hydrogens (tertiary/aromatic N) is 5. The first-order valence-electron chi connectivity index (χ1n) is 3.63. The van der Waals surface area contributed by atoms with E-state index in [1.807, 2.05) is 6.07 Å². The number of hydrogen-bond donors (Lipinski definition) is 0. The van der Waals surface area contributed by atoms with E-state index in [9.17, 15) is 0 Å². The van der Waals surface area contributed by atoms with Crippen LogP contribution in [0.3, 0.4) is 0 Å². The van der Waals surface area contributed by atoms with E-state index in [1.165, 1.54) is 4.80 Å².